The highest BCUT2D eigenvalue weighted by Gasteiger charge is 2.05. The van der Waals surface area contributed by atoms with Gasteiger partial charge in [-0.25, -0.2) is 0 Å². The summed E-state index contributed by atoms with van der Waals surface area (Å²) in [5, 5.41) is 14.8. The van der Waals surface area contributed by atoms with E-state index in [1.807, 2.05) is 6.07 Å². The van der Waals surface area contributed by atoms with Crippen molar-refractivity contribution >= 4 is 11.7 Å². The zero-order valence-corrected chi connectivity index (χ0v) is 8.88. The largest absolute Gasteiger partial charge is 0.363 e. The fourth-order valence-electron chi connectivity index (χ4n) is 1.35. The van der Waals surface area contributed by atoms with Crippen molar-refractivity contribution in [2.45, 2.75) is 6.42 Å². The number of hydrogen-bond acceptors (Lipinski definition) is 4. The van der Waals surface area contributed by atoms with Crippen molar-refractivity contribution in [3.63, 3.8) is 0 Å². The number of carbonyl (C=O) groups excluding carboxylic acids is 1. The number of benzene rings is 1. The number of amides is 1. The summed E-state index contributed by atoms with van der Waals surface area (Å²) in [6.45, 7) is 0. The van der Waals surface area contributed by atoms with Gasteiger partial charge in [-0.15, -0.1) is 0 Å². The Morgan fingerprint density at radius 1 is 1.35 bits per heavy atom. The van der Waals surface area contributed by atoms with Crippen LogP contribution >= 0.6 is 0 Å². The van der Waals surface area contributed by atoms with E-state index < -0.39 is 0 Å². The summed E-state index contributed by atoms with van der Waals surface area (Å²) in [5.74, 6) is 0.215. The van der Waals surface area contributed by atoms with Gasteiger partial charge in [-0.1, -0.05) is 17.3 Å². The van der Waals surface area contributed by atoms with Gasteiger partial charge in [0.25, 0.3) is 0 Å². The Morgan fingerprint density at radius 2 is 2.12 bits per heavy atom. The summed E-state index contributed by atoms with van der Waals surface area (Å²) in [7, 11) is 0. The maximum Gasteiger partial charge on any atom is 0.230 e. The van der Waals surface area contributed by atoms with Gasteiger partial charge in [-0.3, -0.25) is 4.79 Å². The molecule has 0 bridgehead atoms. The van der Waals surface area contributed by atoms with Gasteiger partial charge < -0.3 is 9.84 Å². The van der Waals surface area contributed by atoms with Crippen LogP contribution in [0, 0.1) is 11.3 Å². The molecule has 0 radical (unpaired) electrons. The molecule has 1 amide bonds. The quantitative estimate of drug-likeness (QED) is 0.865. The minimum Gasteiger partial charge on any atom is -0.363 e. The number of rotatable bonds is 3. The molecule has 0 saturated heterocycles. The first kappa shape index (κ1) is 10.9. The second-order valence-corrected chi connectivity index (χ2v) is 3.42. The van der Waals surface area contributed by atoms with Gasteiger partial charge in [0, 0.05) is 6.07 Å². The molecule has 0 unspecified atom stereocenters. The lowest BCUT2D eigenvalue weighted by molar-refractivity contribution is -0.115. The lowest BCUT2D eigenvalue weighted by atomic mass is 10.1. The van der Waals surface area contributed by atoms with Crippen molar-refractivity contribution in [3.8, 4) is 6.07 Å². The summed E-state index contributed by atoms with van der Waals surface area (Å²) >= 11 is 0. The van der Waals surface area contributed by atoms with E-state index in [1.54, 1.807) is 30.3 Å². The Hall–Kier alpha value is -2.61. The second-order valence-electron chi connectivity index (χ2n) is 3.42. The highest BCUT2D eigenvalue weighted by atomic mass is 16.5. The zero-order valence-electron chi connectivity index (χ0n) is 8.88. The van der Waals surface area contributed by atoms with E-state index in [0.717, 1.165) is 5.56 Å². The predicted octanol–water partition coefficient (Wildman–Crippen LogP) is 1.73. The first-order valence-corrected chi connectivity index (χ1v) is 4.97. The van der Waals surface area contributed by atoms with E-state index in [-0.39, 0.29) is 12.3 Å². The maximum absolute atomic E-state index is 11.6. The van der Waals surface area contributed by atoms with Crippen LogP contribution in [-0.4, -0.2) is 11.1 Å². The number of aromatic nitrogens is 1. The molecule has 1 aromatic carbocycles. The molecule has 17 heavy (non-hydrogen) atoms. The molecule has 2 rings (SSSR count). The Morgan fingerprint density at radius 3 is 2.71 bits per heavy atom. The molecule has 1 aromatic heterocycles. The smallest absolute Gasteiger partial charge is 0.230 e. The van der Waals surface area contributed by atoms with Crippen LogP contribution in [0.25, 0.3) is 0 Å². The number of nitrogens with zero attached hydrogens (tertiary/aromatic N) is 2. The highest BCUT2D eigenvalue weighted by molar-refractivity contribution is 5.91. The van der Waals surface area contributed by atoms with Crippen molar-refractivity contribution in [1.82, 2.24) is 5.16 Å². The van der Waals surface area contributed by atoms with Crippen molar-refractivity contribution in [2.24, 2.45) is 0 Å². The summed E-state index contributed by atoms with van der Waals surface area (Å²) in [6, 6.07) is 10.4. The molecule has 0 saturated carbocycles. The minimum atomic E-state index is -0.177. The van der Waals surface area contributed by atoms with Gasteiger partial charge in [-0.2, -0.15) is 5.26 Å². The molecule has 1 N–H and O–H groups in total. The summed E-state index contributed by atoms with van der Waals surface area (Å²) in [5.41, 5.74) is 1.41. The first-order chi connectivity index (χ1) is 8.28. The van der Waals surface area contributed by atoms with Crippen LogP contribution in [0.2, 0.25) is 0 Å². The number of hydrogen-bond donors (Lipinski definition) is 1. The van der Waals surface area contributed by atoms with Gasteiger partial charge in [-0.05, 0) is 17.7 Å². The molecular formula is C12H9N3O2. The van der Waals surface area contributed by atoms with Crippen LogP contribution in [-0.2, 0) is 11.2 Å². The van der Waals surface area contributed by atoms with Gasteiger partial charge in [0.2, 0.25) is 5.91 Å². The van der Waals surface area contributed by atoms with Crippen LogP contribution in [0.4, 0.5) is 5.82 Å². The second kappa shape index (κ2) is 4.94. The molecule has 1 heterocycles. The van der Waals surface area contributed by atoms with Crippen LogP contribution in [0.3, 0.4) is 0 Å². The van der Waals surface area contributed by atoms with Crippen molar-refractivity contribution in [1.29, 1.82) is 5.26 Å². The number of anilines is 1. The normalized spacial score (nSPS) is 9.59. The van der Waals surface area contributed by atoms with E-state index in [0.29, 0.717) is 11.4 Å². The Kier molecular flexibility index (Phi) is 3.17. The summed E-state index contributed by atoms with van der Waals surface area (Å²) in [6.07, 6.45) is 1.62. The van der Waals surface area contributed by atoms with Crippen LogP contribution in [0.15, 0.2) is 41.1 Å². The standard InChI is InChI=1S/C12H9N3O2/c13-8-10-3-1-9(2-4-10)7-12(16)14-11-5-6-17-15-11/h1-6H,7H2,(H,14,15,16). The van der Waals surface area contributed by atoms with E-state index >= 15 is 0 Å². The molecule has 5 nitrogen and oxygen atoms in total. The molecule has 0 aliphatic heterocycles. The van der Waals surface area contributed by atoms with Gasteiger partial charge in [0.05, 0.1) is 18.1 Å². The first-order valence-electron chi connectivity index (χ1n) is 4.97. The molecular weight excluding hydrogens is 218 g/mol. The number of nitriles is 1. The molecule has 0 spiro atoms. The Bertz CT molecular complexity index is 538. The third kappa shape index (κ3) is 2.92. The summed E-state index contributed by atoms with van der Waals surface area (Å²) in [4.78, 5) is 11.6. The summed E-state index contributed by atoms with van der Waals surface area (Å²) < 4.78 is 4.60. The topological polar surface area (TPSA) is 78.9 Å². The third-order valence-corrected chi connectivity index (χ3v) is 2.15. The van der Waals surface area contributed by atoms with Crippen LogP contribution in [0.1, 0.15) is 11.1 Å². The third-order valence-electron chi connectivity index (χ3n) is 2.15. The van der Waals surface area contributed by atoms with Crippen molar-refractivity contribution < 1.29 is 9.32 Å². The van der Waals surface area contributed by atoms with Gasteiger partial charge >= 0.3 is 0 Å². The highest BCUT2D eigenvalue weighted by Crippen LogP contribution is 2.06. The molecule has 0 fully saturated rings. The fourth-order valence-corrected chi connectivity index (χ4v) is 1.35. The molecule has 2 aromatic rings. The van der Waals surface area contributed by atoms with E-state index in [4.69, 9.17) is 5.26 Å². The van der Waals surface area contributed by atoms with Gasteiger partial charge in [0.1, 0.15) is 6.26 Å². The fraction of sp³-hybridized carbons (Fsp3) is 0.0833. The lowest BCUT2D eigenvalue weighted by Gasteiger charge is -2.01. The van der Waals surface area contributed by atoms with E-state index in [1.165, 1.54) is 6.26 Å². The molecule has 0 aliphatic carbocycles. The Labute approximate surface area is 97.7 Å². The van der Waals surface area contributed by atoms with Crippen LogP contribution < -0.4 is 5.32 Å². The molecule has 5 heteroatoms. The lowest BCUT2D eigenvalue weighted by Crippen LogP contribution is -2.14. The SMILES string of the molecule is N#Cc1ccc(CC(=O)Nc2ccon2)cc1. The Balaban J connectivity index is 1.96. The van der Waals surface area contributed by atoms with Crippen molar-refractivity contribution in [2.75, 3.05) is 5.32 Å². The maximum atomic E-state index is 11.6. The van der Waals surface area contributed by atoms with E-state index in [9.17, 15) is 4.79 Å². The zero-order chi connectivity index (χ0) is 12.1. The molecule has 0 aliphatic rings. The van der Waals surface area contributed by atoms with E-state index in [2.05, 4.69) is 15.0 Å². The van der Waals surface area contributed by atoms with Crippen LogP contribution in [0.5, 0.6) is 0 Å². The average molecular weight is 227 g/mol. The van der Waals surface area contributed by atoms with Crippen molar-refractivity contribution in [3.05, 3.63) is 47.7 Å². The van der Waals surface area contributed by atoms with Gasteiger partial charge in [0.15, 0.2) is 5.82 Å². The number of nitrogens with one attached hydrogen (secondary N) is 1. The average Bonchev–Trinajstić information content (AvgIpc) is 2.82. The molecule has 0 atom stereocenters. The number of carbonyl (C=O) groups is 1. The monoisotopic (exact) mass is 227 g/mol. The molecule has 84 valence electrons. The predicted molar refractivity (Wildman–Crippen MR) is 60.0 cm³/mol. The minimum absolute atomic E-state index is 0.177.